The number of nitrogens with zero attached hydrogens (tertiary/aromatic N) is 2. The number of rotatable bonds is 4. The molecule has 114 valence electrons. The van der Waals surface area contributed by atoms with Gasteiger partial charge in [-0.1, -0.05) is 11.6 Å². The van der Waals surface area contributed by atoms with E-state index in [2.05, 4.69) is 4.98 Å². The molecule has 2 aromatic rings. The number of likely N-dealkylation sites (N-methyl/N-ethyl adjacent to an activating group) is 1. The van der Waals surface area contributed by atoms with Gasteiger partial charge in [0.05, 0.1) is 20.5 Å². The van der Waals surface area contributed by atoms with Crippen LogP contribution in [0.1, 0.15) is 29.2 Å². The number of aryl methyl sites for hydroxylation is 1. The number of thiazole rings is 1. The van der Waals surface area contributed by atoms with Gasteiger partial charge in [0.1, 0.15) is 9.88 Å². The summed E-state index contributed by atoms with van der Waals surface area (Å²) in [5.41, 5.74) is -0.222. The van der Waals surface area contributed by atoms with Gasteiger partial charge in [0.25, 0.3) is 5.91 Å². The van der Waals surface area contributed by atoms with Crippen molar-refractivity contribution in [2.24, 2.45) is 0 Å². The van der Waals surface area contributed by atoms with Gasteiger partial charge in [-0.2, -0.15) is 0 Å². The van der Waals surface area contributed by atoms with E-state index in [1.807, 2.05) is 19.1 Å². The van der Waals surface area contributed by atoms with Gasteiger partial charge >= 0.3 is 0 Å². The van der Waals surface area contributed by atoms with Crippen LogP contribution in [0.3, 0.4) is 0 Å². The molecule has 0 aliphatic carbocycles. The number of halogens is 1. The van der Waals surface area contributed by atoms with Crippen molar-refractivity contribution in [2.45, 2.75) is 26.4 Å². The Morgan fingerprint density at radius 1 is 1.43 bits per heavy atom. The van der Waals surface area contributed by atoms with Crippen LogP contribution in [0.2, 0.25) is 4.34 Å². The fourth-order valence-electron chi connectivity index (χ4n) is 1.96. The second kappa shape index (κ2) is 6.04. The first-order valence-corrected chi connectivity index (χ1v) is 8.39. The molecule has 1 amide bonds. The zero-order valence-electron chi connectivity index (χ0n) is 12.3. The van der Waals surface area contributed by atoms with Crippen LogP contribution in [0.25, 0.3) is 9.88 Å². The van der Waals surface area contributed by atoms with E-state index >= 15 is 0 Å². The summed E-state index contributed by atoms with van der Waals surface area (Å²) in [5, 5.41) is 10.6. The summed E-state index contributed by atoms with van der Waals surface area (Å²) >= 11 is 8.73. The number of carbonyl (C=O) groups excluding carboxylic acids is 1. The lowest BCUT2D eigenvalue weighted by molar-refractivity contribution is 0.0370. The number of hydrogen-bond acceptors (Lipinski definition) is 5. The minimum Gasteiger partial charge on any atom is -0.389 e. The third kappa shape index (κ3) is 4.03. The molecule has 0 unspecified atom stereocenters. The number of aromatic nitrogens is 1. The molecule has 0 radical (unpaired) electrons. The van der Waals surface area contributed by atoms with Crippen LogP contribution < -0.4 is 0 Å². The lowest BCUT2D eigenvalue weighted by Gasteiger charge is -2.25. The quantitative estimate of drug-likeness (QED) is 0.920. The highest BCUT2D eigenvalue weighted by Crippen LogP contribution is 2.35. The molecule has 2 rings (SSSR count). The Morgan fingerprint density at radius 3 is 2.62 bits per heavy atom. The molecule has 0 aromatic carbocycles. The number of aliphatic hydroxyl groups is 1. The normalized spacial score (nSPS) is 11.7. The van der Waals surface area contributed by atoms with Crippen molar-refractivity contribution < 1.29 is 9.90 Å². The van der Waals surface area contributed by atoms with Gasteiger partial charge < -0.3 is 10.0 Å². The maximum atomic E-state index is 12.5. The first-order valence-electron chi connectivity index (χ1n) is 6.38. The highest BCUT2D eigenvalue weighted by Gasteiger charge is 2.24. The minimum atomic E-state index is -0.924. The summed E-state index contributed by atoms with van der Waals surface area (Å²) in [6.07, 6.45) is 0. The van der Waals surface area contributed by atoms with Crippen molar-refractivity contribution in [1.29, 1.82) is 0 Å². The van der Waals surface area contributed by atoms with Crippen molar-refractivity contribution in [1.82, 2.24) is 9.88 Å². The number of carbonyl (C=O) groups is 1. The van der Waals surface area contributed by atoms with Crippen molar-refractivity contribution >= 4 is 40.2 Å². The van der Waals surface area contributed by atoms with Crippen LogP contribution in [0, 0.1) is 6.92 Å². The molecule has 0 aliphatic heterocycles. The number of amides is 1. The first kappa shape index (κ1) is 16.4. The number of thiophene rings is 1. The average Bonchev–Trinajstić information content (AvgIpc) is 2.92. The summed E-state index contributed by atoms with van der Waals surface area (Å²) in [6.45, 7) is 5.44. The molecular formula is C14H17ClN2O2S2. The fraction of sp³-hybridized carbons (Fsp3) is 0.429. The van der Waals surface area contributed by atoms with Crippen molar-refractivity contribution in [3.8, 4) is 9.88 Å². The predicted molar refractivity (Wildman–Crippen MR) is 88.4 cm³/mol. The lowest BCUT2D eigenvalue weighted by Crippen LogP contribution is -2.39. The van der Waals surface area contributed by atoms with E-state index in [9.17, 15) is 9.90 Å². The zero-order valence-corrected chi connectivity index (χ0v) is 14.7. The van der Waals surface area contributed by atoms with Crippen LogP contribution in [0.15, 0.2) is 12.1 Å². The molecule has 0 fully saturated rings. The minimum absolute atomic E-state index is 0.124. The van der Waals surface area contributed by atoms with Gasteiger partial charge in [0.2, 0.25) is 0 Å². The highest BCUT2D eigenvalue weighted by molar-refractivity contribution is 7.24. The van der Waals surface area contributed by atoms with Gasteiger partial charge in [-0.15, -0.1) is 22.7 Å². The maximum absolute atomic E-state index is 12.5. The second-order valence-electron chi connectivity index (χ2n) is 5.51. The van der Waals surface area contributed by atoms with Crippen LogP contribution in [0.5, 0.6) is 0 Å². The highest BCUT2D eigenvalue weighted by atomic mass is 35.5. The molecular weight excluding hydrogens is 328 g/mol. The predicted octanol–water partition coefficient (Wildman–Crippen LogP) is 3.68. The van der Waals surface area contributed by atoms with E-state index in [-0.39, 0.29) is 12.5 Å². The molecule has 0 atom stereocenters. The van der Waals surface area contributed by atoms with Crippen molar-refractivity contribution in [2.75, 3.05) is 13.6 Å². The van der Waals surface area contributed by atoms with Crippen LogP contribution in [-0.2, 0) is 0 Å². The van der Waals surface area contributed by atoms with E-state index < -0.39 is 5.60 Å². The molecule has 0 saturated heterocycles. The van der Waals surface area contributed by atoms with Gasteiger partial charge in [0.15, 0.2) is 0 Å². The third-order valence-electron chi connectivity index (χ3n) is 2.75. The van der Waals surface area contributed by atoms with Crippen molar-refractivity contribution in [3.63, 3.8) is 0 Å². The van der Waals surface area contributed by atoms with E-state index in [0.717, 1.165) is 9.88 Å². The van der Waals surface area contributed by atoms with Gasteiger partial charge in [-0.25, -0.2) is 4.98 Å². The average molecular weight is 345 g/mol. The summed E-state index contributed by atoms with van der Waals surface area (Å²) in [5.74, 6) is -0.124. The summed E-state index contributed by atoms with van der Waals surface area (Å²) < 4.78 is 0.699. The standard InChI is InChI=1S/C14H17ClN2O2S2/c1-8-11(13(18)17(4)7-14(2,3)19)21-12(16-8)9-5-6-10(15)20-9/h5-6,19H,7H2,1-4H3. The molecule has 0 spiro atoms. The second-order valence-corrected chi connectivity index (χ2v) is 8.23. The zero-order chi connectivity index (χ0) is 15.8. The molecule has 2 aromatic heterocycles. The Kier molecular flexibility index (Phi) is 4.72. The third-order valence-corrected chi connectivity index (χ3v) is 5.29. The molecule has 7 heteroatoms. The van der Waals surface area contributed by atoms with Crippen molar-refractivity contribution in [3.05, 3.63) is 27.0 Å². The maximum Gasteiger partial charge on any atom is 0.265 e. The molecule has 21 heavy (non-hydrogen) atoms. The summed E-state index contributed by atoms with van der Waals surface area (Å²) in [7, 11) is 1.68. The van der Waals surface area contributed by atoms with Crippen LogP contribution in [-0.4, -0.2) is 40.1 Å². The molecule has 0 aliphatic rings. The Balaban J connectivity index is 2.25. The molecule has 2 heterocycles. The van der Waals surface area contributed by atoms with E-state index in [0.29, 0.717) is 14.9 Å². The van der Waals surface area contributed by atoms with Crippen LogP contribution >= 0.6 is 34.3 Å². The van der Waals surface area contributed by atoms with Crippen LogP contribution in [0.4, 0.5) is 0 Å². The van der Waals surface area contributed by atoms with Gasteiger partial charge in [0, 0.05) is 13.6 Å². The number of hydrogen-bond donors (Lipinski definition) is 1. The SMILES string of the molecule is Cc1nc(-c2ccc(Cl)s2)sc1C(=O)N(C)CC(C)(C)O. The van der Waals surface area contributed by atoms with E-state index in [1.54, 1.807) is 20.9 Å². The Morgan fingerprint density at radius 2 is 2.10 bits per heavy atom. The topological polar surface area (TPSA) is 53.4 Å². The molecule has 0 saturated carbocycles. The molecule has 4 nitrogen and oxygen atoms in total. The fourth-order valence-corrected chi connectivity index (χ4v) is 4.11. The lowest BCUT2D eigenvalue weighted by atomic mass is 10.1. The first-order chi connectivity index (χ1) is 9.67. The largest absolute Gasteiger partial charge is 0.389 e. The Bertz CT molecular complexity index is 658. The van der Waals surface area contributed by atoms with E-state index in [4.69, 9.17) is 11.6 Å². The summed E-state index contributed by atoms with van der Waals surface area (Å²) in [4.78, 5) is 20.0. The molecule has 1 N–H and O–H groups in total. The summed E-state index contributed by atoms with van der Waals surface area (Å²) in [6, 6.07) is 3.72. The Hall–Kier alpha value is -0.950. The van der Waals surface area contributed by atoms with Gasteiger partial charge in [-0.05, 0) is 32.9 Å². The Labute approximate surface area is 137 Å². The smallest absolute Gasteiger partial charge is 0.265 e. The van der Waals surface area contributed by atoms with Gasteiger partial charge in [-0.3, -0.25) is 4.79 Å². The molecule has 0 bridgehead atoms. The van der Waals surface area contributed by atoms with E-state index in [1.165, 1.54) is 27.6 Å². The monoisotopic (exact) mass is 344 g/mol.